The molecular formula is C10H16S. The van der Waals surface area contributed by atoms with E-state index in [-0.39, 0.29) is 0 Å². The molecule has 0 nitrogen and oxygen atoms in total. The van der Waals surface area contributed by atoms with E-state index in [1.165, 1.54) is 0 Å². The summed E-state index contributed by atoms with van der Waals surface area (Å²) in [5, 5.41) is 0. The van der Waals surface area contributed by atoms with E-state index in [9.17, 15) is 0 Å². The Morgan fingerprint density at radius 3 is 1.73 bits per heavy atom. The standard InChI is InChI=1S/C7H10S.C3H6/c1-6(2)4-5-7(3)8;1-3-2/h4-5,8H,1,3H2,2H3;3H,1H2,2H3/b5-4-;. The van der Waals surface area contributed by atoms with Gasteiger partial charge in [-0.05, 0) is 24.8 Å². The van der Waals surface area contributed by atoms with Crippen molar-refractivity contribution in [2.75, 3.05) is 0 Å². The first-order valence-corrected chi connectivity index (χ1v) is 3.77. The smallest absolute Gasteiger partial charge is 0.00319 e. The van der Waals surface area contributed by atoms with Gasteiger partial charge in [-0.3, -0.25) is 0 Å². The van der Waals surface area contributed by atoms with E-state index < -0.39 is 0 Å². The van der Waals surface area contributed by atoms with Gasteiger partial charge in [0.2, 0.25) is 0 Å². The molecular weight excluding hydrogens is 152 g/mol. The molecule has 1 heteroatoms. The van der Waals surface area contributed by atoms with E-state index in [1.807, 2.05) is 26.0 Å². The molecule has 0 aromatic rings. The summed E-state index contributed by atoms with van der Waals surface area (Å²) in [5.41, 5.74) is 1.01. The molecule has 0 bridgehead atoms. The Kier molecular flexibility index (Phi) is 11.0. The summed E-state index contributed by atoms with van der Waals surface area (Å²) in [7, 11) is 0. The molecule has 0 atom stereocenters. The molecule has 0 aliphatic carbocycles. The molecule has 0 aromatic heterocycles. The zero-order valence-corrected chi connectivity index (χ0v) is 8.20. The van der Waals surface area contributed by atoms with E-state index >= 15 is 0 Å². The van der Waals surface area contributed by atoms with Gasteiger partial charge in [-0.1, -0.05) is 30.9 Å². The summed E-state index contributed by atoms with van der Waals surface area (Å²) < 4.78 is 0. The maximum Gasteiger partial charge on any atom is -0.00319 e. The van der Waals surface area contributed by atoms with Crippen LogP contribution in [0.25, 0.3) is 0 Å². The molecule has 0 fully saturated rings. The monoisotopic (exact) mass is 168 g/mol. The minimum Gasteiger partial charge on any atom is -0.144 e. The van der Waals surface area contributed by atoms with Crippen molar-refractivity contribution in [3.05, 3.63) is 48.4 Å². The average molecular weight is 168 g/mol. The number of rotatable bonds is 2. The molecule has 0 saturated heterocycles. The normalized spacial score (nSPS) is 8.27. The van der Waals surface area contributed by atoms with Crippen LogP contribution < -0.4 is 0 Å². The first-order valence-electron chi connectivity index (χ1n) is 3.33. The topological polar surface area (TPSA) is 0 Å². The van der Waals surface area contributed by atoms with E-state index in [4.69, 9.17) is 0 Å². The van der Waals surface area contributed by atoms with Crippen LogP contribution in [0.15, 0.2) is 48.4 Å². The van der Waals surface area contributed by atoms with Crippen molar-refractivity contribution in [3.8, 4) is 0 Å². The first-order chi connectivity index (χ1) is 5.04. The molecule has 11 heavy (non-hydrogen) atoms. The van der Waals surface area contributed by atoms with E-state index in [1.54, 1.807) is 6.08 Å². The summed E-state index contributed by atoms with van der Waals surface area (Å²) in [6, 6.07) is 0. The summed E-state index contributed by atoms with van der Waals surface area (Å²) in [6.45, 7) is 14.4. The van der Waals surface area contributed by atoms with E-state index in [0.717, 1.165) is 10.5 Å². The highest BCUT2D eigenvalue weighted by Crippen LogP contribution is 1.99. The summed E-state index contributed by atoms with van der Waals surface area (Å²) in [6.07, 6.45) is 5.43. The van der Waals surface area contributed by atoms with Crippen molar-refractivity contribution in [1.29, 1.82) is 0 Å². The fraction of sp³-hybridized carbons (Fsp3) is 0.200. The number of thiol groups is 1. The Morgan fingerprint density at radius 2 is 1.64 bits per heavy atom. The maximum atomic E-state index is 3.95. The van der Waals surface area contributed by atoms with Crippen LogP contribution in [-0.2, 0) is 0 Å². The van der Waals surface area contributed by atoms with Crippen LogP contribution in [0.2, 0.25) is 0 Å². The largest absolute Gasteiger partial charge is 0.144 e. The predicted octanol–water partition coefficient (Wildman–Crippen LogP) is 3.75. The van der Waals surface area contributed by atoms with Gasteiger partial charge in [0.15, 0.2) is 0 Å². The molecule has 0 aliphatic rings. The van der Waals surface area contributed by atoms with Crippen molar-refractivity contribution in [1.82, 2.24) is 0 Å². The molecule has 62 valence electrons. The van der Waals surface area contributed by atoms with Crippen LogP contribution in [-0.4, -0.2) is 0 Å². The Bertz CT molecular complexity index is 148. The minimum atomic E-state index is 0.757. The zero-order valence-electron chi connectivity index (χ0n) is 7.30. The Labute approximate surface area is 75.4 Å². The Balaban J connectivity index is 0. The molecule has 0 saturated carbocycles. The second-order valence-corrected chi connectivity index (χ2v) is 2.65. The van der Waals surface area contributed by atoms with Gasteiger partial charge in [-0.2, -0.15) is 0 Å². The van der Waals surface area contributed by atoms with Crippen molar-refractivity contribution in [2.24, 2.45) is 0 Å². The van der Waals surface area contributed by atoms with Crippen LogP contribution in [0.1, 0.15) is 13.8 Å². The molecule has 0 spiro atoms. The van der Waals surface area contributed by atoms with E-state index in [0.29, 0.717) is 0 Å². The lowest BCUT2D eigenvalue weighted by Gasteiger charge is -1.83. The lowest BCUT2D eigenvalue weighted by Crippen LogP contribution is -1.60. The molecule has 0 rings (SSSR count). The van der Waals surface area contributed by atoms with Gasteiger partial charge < -0.3 is 0 Å². The first kappa shape index (κ1) is 12.9. The molecule has 0 radical (unpaired) electrons. The third-order valence-electron chi connectivity index (χ3n) is 0.560. The van der Waals surface area contributed by atoms with Crippen molar-refractivity contribution in [2.45, 2.75) is 13.8 Å². The van der Waals surface area contributed by atoms with Crippen molar-refractivity contribution < 1.29 is 0 Å². The third-order valence-corrected chi connectivity index (χ3v) is 0.709. The summed E-state index contributed by atoms with van der Waals surface area (Å²) >= 11 is 3.95. The molecule has 0 aromatic carbocycles. The van der Waals surface area contributed by atoms with Gasteiger partial charge in [-0.15, -0.1) is 19.2 Å². The third kappa shape index (κ3) is 26.8. The average Bonchev–Trinajstić information content (AvgIpc) is 1.85. The lowest BCUT2D eigenvalue weighted by molar-refractivity contribution is 1.56. The van der Waals surface area contributed by atoms with Crippen LogP contribution >= 0.6 is 12.6 Å². The Hall–Kier alpha value is -0.690. The fourth-order valence-electron chi connectivity index (χ4n) is 0.238. The number of hydrogen-bond donors (Lipinski definition) is 1. The van der Waals surface area contributed by atoms with Gasteiger partial charge in [0.25, 0.3) is 0 Å². The highest BCUT2D eigenvalue weighted by atomic mass is 32.1. The molecule has 0 heterocycles. The van der Waals surface area contributed by atoms with Gasteiger partial charge in [0, 0.05) is 0 Å². The molecule has 0 N–H and O–H groups in total. The van der Waals surface area contributed by atoms with E-state index in [2.05, 4.69) is 32.4 Å². The maximum absolute atomic E-state index is 3.95. The van der Waals surface area contributed by atoms with Crippen LogP contribution in [0.3, 0.4) is 0 Å². The number of allylic oxidation sites excluding steroid dienone is 4. The number of hydrogen-bond acceptors (Lipinski definition) is 1. The second-order valence-electron chi connectivity index (χ2n) is 2.08. The zero-order chi connectivity index (χ0) is 9.28. The minimum absolute atomic E-state index is 0.757. The highest BCUT2D eigenvalue weighted by molar-refractivity contribution is 7.84. The SMILES string of the molecule is C=C(C)/C=C\C(=C)S.C=CC. The van der Waals surface area contributed by atoms with Crippen molar-refractivity contribution in [3.63, 3.8) is 0 Å². The molecule has 0 aliphatic heterocycles. The summed E-state index contributed by atoms with van der Waals surface area (Å²) in [5.74, 6) is 0. The fourth-order valence-corrected chi connectivity index (χ4v) is 0.313. The van der Waals surface area contributed by atoms with Gasteiger partial charge in [-0.25, -0.2) is 0 Å². The molecule has 0 amide bonds. The second kappa shape index (κ2) is 9.31. The van der Waals surface area contributed by atoms with Gasteiger partial charge >= 0.3 is 0 Å². The predicted molar refractivity (Wildman–Crippen MR) is 58.0 cm³/mol. The van der Waals surface area contributed by atoms with Gasteiger partial charge in [0.1, 0.15) is 0 Å². The highest BCUT2D eigenvalue weighted by Gasteiger charge is 1.73. The molecule has 0 unspecified atom stereocenters. The Morgan fingerprint density at radius 1 is 1.27 bits per heavy atom. The summed E-state index contributed by atoms with van der Waals surface area (Å²) in [4.78, 5) is 0.757. The van der Waals surface area contributed by atoms with Crippen LogP contribution in [0, 0.1) is 0 Å². The van der Waals surface area contributed by atoms with Crippen LogP contribution in [0.4, 0.5) is 0 Å². The van der Waals surface area contributed by atoms with Crippen LogP contribution in [0.5, 0.6) is 0 Å². The lowest BCUT2D eigenvalue weighted by atomic mass is 10.3. The van der Waals surface area contributed by atoms with Gasteiger partial charge in [0.05, 0.1) is 0 Å². The quantitative estimate of drug-likeness (QED) is 0.362. The van der Waals surface area contributed by atoms with Crippen molar-refractivity contribution >= 4 is 12.6 Å².